The molecule has 0 saturated carbocycles. The molecule has 5 heteroatoms. The van der Waals surface area contributed by atoms with Crippen molar-refractivity contribution in [2.45, 2.75) is 0 Å². The smallest absolute Gasteiger partial charge is 0.196 e. The molecule has 4 nitrogen and oxygen atoms in total. The summed E-state index contributed by atoms with van der Waals surface area (Å²) >= 11 is 0. The summed E-state index contributed by atoms with van der Waals surface area (Å²) in [6.07, 6.45) is 3.04. The molecular formula is C12H11FN2O2. The molecular weight excluding hydrogens is 223 g/mol. The molecule has 0 amide bonds. The maximum Gasteiger partial charge on any atom is 0.196 e. The molecule has 0 bridgehead atoms. The maximum absolute atomic E-state index is 13.4. The van der Waals surface area contributed by atoms with Crippen molar-refractivity contribution in [1.29, 1.82) is 0 Å². The first-order valence-electron chi connectivity index (χ1n) is 4.98. The zero-order valence-electron chi connectivity index (χ0n) is 9.48. The van der Waals surface area contributed by atoms with Crippen LogP contribution < -0.4 is 4.74 Å². The van der Waals surface area contributed by atoms with E-state index in [0.717, 1.165) is 6.07 Å². The summed E-state index contributed by atoms with van der Waals surface area (Å²) in [5.41, 5.74) is 0.702. The molecule has 2 aromatic rings. The van der Waals surface area contributed by atoms with Gasteiger partial charge in [-0.3, -0.25) is 9.48 Å². The fraction of sp³-hybridized carbons (Fsp3) is 0.167. The van der Waals surface area contributed by atoms with E-state index in [2.05, 4.69) is 5.10 Å². The number of rotatable bonds is 3. The van der Waals surface area contributed by atoms with Crippen LogP contribution in [-0.4, -0.2) is 22.7 Å². The van der Waals surface area contributed by atoms with Crippen molar-refractivity contribution in [2.24, 2.45) is 7.05 Å². The van der Waals surface area contributed by atoms with Gasteiger partial charge in [0, 0.05) is 18.8 Å². The SMILES string of the molecule is COc1ccc(C(=O)c2cnn(C)c2)cc1F. The van der Waals surface area contributed by atoms with E-state index in [9.17, 15) is 9.18 Å². The fourth-order valence-corrected chi connectivity index (χ4v) is 1.51. The minimum absolute atomic E-state index is 0.118. The topological polar surface area (TPSA) is 44.1 Å². The van der Waals surface area contributed by atoms with Gasteiger partial charge < -0.3 is 4.74 Å². The van der Waals surface area contributed by atoms with Crippen LogP contribution in [0.4, 0.5) is 4.39 Å². The zero-order chi connectivity index (χ0) is 12.4. The van der Waals surface area contributed by atoms with Gasteiger partial charge in [-0.1, -0.05) is 0 Å². The molecule has 0 N–H and O–H groups in total. The van der Waals surface area contributed by atoms with E-state index < -0.39 is 5.82 Å². The fourth-order valence-electron chi connectivity index (χ4n) is 1.51. The summed E-state index contributed by atoms with van der Waals surface area (Å²) in [6, 6.07) is 4.12. The van der Waals surface area contributed by atoms with Gasteiger partial charge in [-0.05, 0) is 18.2 Å². The standard InChI is InChI=1S/C12H11FN2O2/c1-15-7-9(6-14-15)12(16)8-3-4-11(17-2)10(13)5-8/h3-7H,1-2H3. The number of hydrogen-bond donors (Lipinski definition) is 0. The molecule has 17 heavy (non-hydrogen) atoms. The zero-order valence-corrected chi connectivity index (χ0v) is 9.48. The summed E-state index contributed by atoms with van der Waals surface area (Å²) < 4.78 is 19.7. The van der Waals surface area contributed by atoms with Crippen molar-refractivity contribution in [3.8, 4) is 5.75 Å². The van der Waals surface area contributed by atoms with E-state index in [1.807, 2.05) is 0 Å². The Hall–Kier alpha value is -2.17. The third-order valence-electron chi connectivity index (χ3n) is 2.38. The number of hydrogen-bond acceptors (Lipinski definition) is 3. The Kier molecular flexibility index (Phi) is 2.91. The first-order valence-corrected chi connectivity index (χ1v) is 4.98. The largest absolute Gasteiger partial charge is 0.494 e. The van der Waals surface area contributed by atoms with E-state index >= 15 is 0 Å². The van der Waals surface area contributed by atoms with Gasteiger partial charge in [0.05, 0.1) is 18.9 Å². The predicted molar refractivity (Wildman–Crippen MR) is 59.6 cm³/mol. The van der Waals surface area contributed by atoms with E-state index in [1.54, 1.807) is 13.2 Å². The van der Waals surface area contributed by atoms with Gasteiger partial charge in [-0.15, -0.1) is 0 Å². The van der Waals surface area contributed by atoms with Gasteiger partial charge in [-0.25, -0.2) is 4.39 Å². The normalized spacial score (nSPS) is 10.3. The monoisotopic (exact) mass is 234 g/mol. The Morgan fingerprint density at radius 1 is 1.41 bits per heavy atom. The summed E-state index contributed by atoms with van der Waals surface area (Å²) in [5.74, 6) is -0.699. The highest BCUT2D eigenvalue weighted by Gasteiger charge is 2.13. The highest BCUT2D eigenvalue weighted by molar-refractivity contribution is 6.08. The predicted octanol–water partition coefficient (Wildman–Crippen LogP) is 1.80. The molecule has 0 atom stereocenters. The van der Waals surface area contributed by atoms with Crippen LogP contribution in [0.3, 0.4) is 0 Å². The van der Waals surface area contributed by atoms with Crippen LogP contribution in [-0.2, 0) is 7.05 Å². The molecule has 0 spiro atoms. The molecule has 0 unspecified atom stereocenters. The number of carbonyl (C=O) groups is 1. The number of aromatic nitrogens is 2. The minimum atomic E-state index is -0.553. The van der Waals surface area contributed by atoms with Gasteiger partial charge in [0.25, 0.3) is 0 Å². The first-order chi connectivity index (χ1) is 8.11. The highest BCUT2D eigenvalue weighted by atomic mass is 19.1. The quantitative estimate of drug-likeness (QED) is 0.760. The second kappa shape index (κ2) is 4.37. The Bertz CT molecular complexity index is 563. The van der Waals surface area contributed by atoms with E-state index in [1.165, 1.54) is 30.1 Å². The molecule has 88 valence electrons. The van der Waals surface area contributed by atoms with Gasteiger partial charge in [0.1, 0.15) is 0 Å². The van der Waals surface area contributed by atoms with Crippen LogP contribution in [0.25, 0.3) is 0 Å². The molecule has 0 aliphatic carbocycles. The lowest BCUT2D eigenvalue weighted by Crippen LogP contribution is -2.01. The van der Waals surface area contributed by atoms with E-state index in [4.69, 9.17) is 4.74 Å². The number of carbonyl (C=O) groups excluding carboxylic acids is 1. The third-order valence-corrected chi connectivity index (χ3v) is 2.38. The second-order valence-electron chi connectivity index (χ2n) is 3.58. The van der Waals surface area contributed by atoms with Gasteiger partial charge in [-0.2, -0.15) is 5.10 Å². The number of aryl methyl sites for hydroxylation is 1. The average molecular weight is 234 g/mol. The number of ether oxygens (including phenoxy) is 1. The summed E-state index contributed by atoms with van der Waals surface area (Å²) in [4.78, 5) is 12.0. The third kappa shape index (κ3) is 2.18. The molecule has 0 saturated heterocycles. The molecule has 1 aromatic heterocycles. The minimum Gasteiger partial charge on any atom is -0.494 e. The highest BCUT2D eigenvalue weighted by Crippen LogP contribution is 2.19. The summed E-state index contributed by atoms with van der Waals surface area (Å²) in [6.45, 7) is 0. The van der Waals surface area contributed by atoms with Crippen molar-refractivity contribution in [3.63, 3.8) is 0 Å². The van der Waals surface area contributed by atoms with Gasteiger partial charge in [0.15, 0.2) is 17.3 Å². The van der Waals surface area contributed by atoms with Gasteiger partial charge >= 0.3 is 0 Å². The maximum atomic E-state index is 13.4. The lowest BCUT2D eigenvalue weighted by molar-refractivity contribution is 0.103. The Morgan fingerprint density at radius 2 is 2.18 bits per heavy atom. The van der Waals surface area contributed by atoms with Crippen LogP contribution >= 0.6 is 0 Å². The van der Waals surface area contributed by atoms with E-state index in [-0.39, 0.29) is 17.1 Å². The number of ketones is 1. The van der Waals surface area contributed by atoms with Crippen molar-refractivity contribution >= 4 is 5.78 Å². The summed E-state index contributed by atoms with van der Waals surface area (Å²) in [5, 5.41) is 3.90. The van der Waals surface area contributed by atoms with Crippen molar-refractivity contribution in [3.05, 3.63) is 47.5 Å². The molecule has 0 fully saturated rings. The molecule has 1 aromatic carbocycles. The van der Waals surface area contributed by atoms with Crippen LogP contribution in [0.5, 0.6) is 5.75 Å². The average Bonchev–Trinajstić information content (AvgIpc) is 2.75. The van der Waals surface area contributed by atoms with Crippen LogP contribution in [0.15, 0.2) is 30.6 Å². The van der Waals surface area contributed by atoms with Crippen molar-refractivity contribution in [1.82, 2.24) is 9.78 Å². The van der Waals surface area contributed by atoms with Crippen molar-refractivity contribution < 1.29 is 13.9 Å². The molecule has 1 heterocycles. The van der Waals surface area contributed by atoms with Crippen LogP contribution in [0, 0.1) is 5.82 Å². The van der Waals surface area contributed by atoms with Crippen LogP contribution in [0.2, 0.25) is 0 Å². The Labute approximate surface area is 97.6 Å². The second-order valence-corrected chi connectivity index (χ2v) is 3.58. The summed E-state index contributed by atoms with van der Waals surface area (Å²) in [7, 11) is 3.09. The van der Waals surface area contributed by atoms with Crippen LogP contribution in [0.1, 0.15) is 15.9 Å². The van der Waals surface area contributed by atoms with Gasteiger partial charge in [0.2, 0.25) is 0 Å². The number of methoxy groups -OCH3 is 1. The number of nitrogens with zero attached hydrogens (tertiary/aromatic N) is 2. The first kappa shape index (κ1) is 11.3. The lowest BCUT2D eigenvalue weighted by atomic mass is 10.1. The molecule has 0 aliphatic rings. The Balaban J connectivity index is 2.35. The number of benzene rings is 1. The Morgan fingerprint density at radius 3 is 2.71 bits per heavy atom. The molecule has 2 rings (SSSR count). The number of halogens is 1. The molecule has 0 radical (unpaired) electrons. The van der Waals surface area contributed by atoms with E-state index in [0.29, 0.717) is 5.56 Å². The van der Waals surface area contributed by atoms with Crippen molar-refractivity contribution in [2.75, 3.05) is 7.11 Å². The molecule has 0 aliphatic heterocycles. The lowest BCUT2D eigenvalue weighted by Gasteiger charge is -2.03.